The first kappa shape index (κ1) is 15.2. The zero-order valence-electron chi connectivity index (χ0n) is 11.9. The Hall–Kier alpha value is -1.84. The predicted octanol–water partition coefficient (Wildman–Crippen LogP) is 2.94. The molecule has 0 bridgehead atoms. The molecule has 0 saturated carbocycles. The summed E-state index contributed by atoms with van der Waals surface area (Å²) in [4.78, 5) is 18.4. The van der Waals surface area contributed by atoms with E-state index in [1.165, 1.54) is 0 Å². The van der Waals surface area contributed by atoms with Crippen LogP contribution in [-0.4, -0.2) is 35.4 Å². The third-order valence-electron chi connectivity index (χ3n) is 2.70. The van der Waals surface area contributed by atoms with Crippen LogP contribution >= 0.6 is 0 Å². The van der Waals surface area contributed by atoms with Gasteiger partial charge in [-0.05, 0) is 25.0 Å². The number of nitrogens with one attached hydrogen (secondary N) is 1. The fourth-order valence-corrected chi connectivity index (χ4v) is 1.86. The standard InChI is InChI=1S/C15H23N3O/c1-4-8-16-13-7-9-17-14(12-13)15(19)18(10-5-2)11-6-3/h4,7,9,12H,1,5-6,8,10-11H2,2-3H3,(H,16,17). The summed E-state index contributed by atoms with van der Waals surface area (Å²) in [5, 5.41) is 3.16. The lowest BCUT2D eigenvalue weighted by Crippen LogP contribution is -2.33. The topological polar surface area (TPSA) is 45.2 Å². The van der Waals surface area contributed by atoms with Gasteiger partial charge in [-0.25, -0.2) is 0 Å². The van der Waals surface area contributed by atoms with E-state index in [0.29, 0.717) is 12.2 Å². The highest BCUT2D eigenvalue weighted by Gasteiger charge is 2.15. The summed E-state index contributed by atoms with van der Waals surface area (Å²) in [7, 11) is 0. The quantitative estimate of drug-likeness (QED) is 0.732. The number of carbonyl (C=O) groups excluding carboxylic acids is 1. The van der Waals surface area contributed by atoms with Crippen molar-refractivity contribution in [3.8, 4) is 0 Å². The van der Waals surface area contributed by atoms with E-state index in [1.807, 2.05) is 11.0 Å². The van der Waals surface area contributed by atoms with E-state index in [1.54, 1.807) is 18.3 Å². The minimum Gasteiger partial charge on any atom is -0.381 e. The molecule has 1 N–H and O–H groups in total. The molecule has 4 nitrogen and oxygen atoms in total. The zero-order valence-corrected chi connectivity index (χ0v) is 11.9. The monoisotopic (exact) mass is 261 g/mol. The van der Waals surface area contributed by atoms with Crippen molar-refractivity contribution in [2.45, 2.75) is 26.7 Å². The van der Waals surface area contributed by atoms with Gasteiger partial charge in [-0.1, -0.05) is 19.9 Å². The molecule has 104 valence electrons. The van der Waals surface area contributed by atoms with Gasteiger partial charge in [0.25, 0.3) is 5.91 Å². The van der Waals surface area contributed by atoms with Gasteiger partial charge in [0, 0.05) is 31.5 Å². The van der Waals surface area contributed by atoms with E-state index < -0.39 is 0 Å². The molecule has 1 heterocycles. The van der Waals surface area contributed by atoms with Crippen molar-refractivity contribution < 1.29 is 4.79 Å². The molecule has 1 aromatic rings. The van der Waals surface area contributed by atoms with Gasteiger partial charge < -0.3 is 10.2 Å². The molecule has 0 aliphatic carbocycles. The molecule has 0 aromatic carbocycles. The van der Waals surface area contributed by atoms with Crippen molar-refractivity contribution >= 4 is 11.6 Å². The first-order valence-electron chi connectivity index (χ1n) is 6.83. The zero-order chi connectivity index (χ0) is 14.1. The Kier molecular flexibility index (Phi) is 6.64. The van der Waals surface area contributed by atoms with Crippen molar-refractivity contribution in [3.05, 3.63) is 36.7 Å². The van der Waals surface area contributed by atoms with Crippen LogP contribution in [0.25, 0.3) is 0 Å². The minimum absolute atomic E-state index is 0.00551. The molecule has 0 atom stereocenters. The maximum Gasteiger partial charge on any atom is 0.272 e. The molecule has 19 heavy (non-hydrogen) atoms. The molecule has 0 unspecified atom stereocenters. The molecule has 1 amide bonds. The summed E-state index contributed by atoms with van der Waals surface area (Å²) in [5.41, 5.74) is 1.39. The molecular formula is C15H23N3O. The van der Waals surface area contributed by atoms with Crippen molar-refractivity contribution in [3.63, 3.8) is 0 Å². The Labute approximate surface area is 115 Å². The molecule has 0 radical (unpaired) electrons. The van der Waals surface area contributed by atoms with E-state index in [0.717, 1.165) is 31.6 Å². The van der Waals surface area contributed by atoms with Crippen LogP contribution in [0.4, 0.5) is 5.69 Å². The number of nitrogens with zero attached hydrogens (tertiary/aromatic N) is 2. The van der Waals surface area contributed by atoms with E-state index in [9.17, 15) is 4.79 Å². The number of hydrogen-bond donors (Lipinski definition) is 1. The van der Waals surface area contributed by atoms with Crippen molar-refractivity contribution in [2.24, 2.45) is 0 Å². The maximum atomic E-state index is 12.4. The second-order valence-electron chi connectivity index (χ2n) is 4.39. The van der Waals surface area contributed by atoms with Crippen LogP contribution in [0.2, 0.25) is 0 Å². The fourth-order valence-electron chi connectivity index (χ4n) is 1.86. The van der Waals surface area contributed by atoms with Crippen LogP contribution in [0.15, 0.2) is 31.0 Å². The molecule has 0 spiro atoms. The molecule has 4 heteroatoms. The minimum atomic E-state index is 0.00551. The Balaban J connectivity index is 2.81. The van der Waals surface area contributed by atoms with Gasteiger partial charge in [0.05, 0.1) is 0 Å². The normalized spacial score (nSPS) is 10.0. The molecule has 1 aromatic heterocycles. The molecular weight excluding hydrogens is 238 g/mol. The number of anilines is 1. The summed E-state index contributed by atoms with van der Waals surface area (Å²) in [6.07, 6.45) is 5.36. The van der Waals surface area contributed by atoms with Gasteiger partial charge in [-0.3, -0.25) is 9.78 Å². The van der Waals surface area contributed by atoms with Gasteiger partial charge in [0.2, 0.25) is 0 Å². The van der Waals surface area contributed by atoms with Crippen LogP contribution in [0.5, 0.6) is 0 Å². The number of carbonyl (C=O) groups is 1. The lowest BCUT2D eigenvalue weighted by Gasteiger charge is -2.21. The fraction of sp³-hybridized carbons (Fsp3) is 0.467. The SMILES string of the molecule is C=CCNc1ccnc(C(=O)N(CCC)CCC)c1. The van der Waals surface area contributed by atoms with Gasteiger partial charge in [-0.15, -0.1) is 6.58 Å². The highest BCUT2D eigenvalue weighted by atomic mass is 16.2. The third-order valence-corrected chi connectivity index (χ3v) is 2.70. The van der Waals surface area contributed by atoms with E-state index >= 15 is 0 Å². The average molecular weight is 261 g/mol. The highest BCUT2D eigenvalue weighted by molar-refractivity contribution is 5.93. The van der Waals surface area contributed by atoms with E-state index in [4.69, 9.17) is 0 Å². The molecule has 0 fully saturated rings. The Morgan fingerprint density at radius 3 is 2.68 bits per heavy atom. The second-order valence-corrected chi connectivity index (χ2v) is 4.39. The molecule has 1 rings (SSSR count). The van der Waals surface area contributed by atoms with Crippen molar-refractivity contribution in [1.82, 2.24) is 9.88 Å². The number of aromatic nitrogens is 1. The largest absolute Gasteiger partial charge is 0.381 e. The van der Waals surface area contributed by atoms with Crippen LogP contribution in [-0.2, 0) is 0 Å². The Bertz CT molecular complexity index is 412. The summed E-state index contributed by atoms with van der Waals surface area (Å²) in [6.45, 7) is 10.0. The number of pyridine rings is 1. The Morgan fingerprint density at radius 1 is 1.42 bits per heavy atom. The van der Waals surface area contributed by atoms with E-state index in [-0.39, 0.29) is 5.91 Å². The summed E-state index contributed by atoms with van der Waals surface area (Å²) < 4.78 is 0. The van der Waals surface area contributed by atoms with Crippen LogP contribution < -0.4 is 5.32 Å². The average Bonchev–Trinajstić information content (AvgIpc) is 2.44. The number of amides is 1. The predicted molar refractivity (Wildman–Crippen MR) is 79.4 cm³/mol. The molecule has 0 saturated heterocycles. The third kappa shape index (κ3) is 4.73. The second kappa shape index (κ2) is 8.29. The lowest BCUT2D eigenvalue weighted by atomic mass is 10.2. The highest BCUT2D eigenvalue weighted by Crippen LogP contribution is 2.10. The van der Waals surface area contributed by atoms with Crippen LogP contribution in [0.1, 0.15) is 37.2 Å². The molecule has 0 aliphatic rings. The first-order chi connectivity index (χ1) is 9.22. The van der Waals surface area contributed by atoms with Crippen LogP contribution in [0.3, 0.4) is 0 Å². The van der Waals surface area contributed by atoms with Gasteiger partial charge in [0.1, 0.15) is 5.69 Å². The van der Waals surface area contributed by atoms with Crippen molar-refractivity contribution in [2.75, 3.05) is 25.0 Å². The molecule has 0 aliphatic heterocycles. The lowest BCUT2D eigenvalue weighted by molar-refractivity contribution is 0.0750. The first-order valence-corrected chi connectivity index (χ1v) is 6.83. The van der Waals surface area contributed by atoms with Gasteiger partial charge in [-0.2, -0.15) is 0 Å². The smallest absolute Gasteiger partial charge is 0.272 e. The van der Waals surface area contributed by atoms with Crippen molar-refractivity contribution in [1.29, 1.82) is 0 Å². The summed E-state index contributed by atoms with van der Waals surface area (Å²) >= 11 is 0. The summed E-state index contributed by atoms with van der Waals surface area (Å²) in [5.74, 6) is 0.00551. The maximum absolute atomic E-state index is 12.4. The number of rotatable bonds is 8. The Morgan fingerprint density at radius 2 is 2.11 bits per heavy atom. The van der Waals surface area contributed by atoms with Crippen LogP contribution in [0, 0.1) is 0 Å². The summed E-state index contributed by atoms with van der Waals surface area (Å²) in [6, 6.07) is 3.65. The van der Waals surface area contributed by atoms with E-state index in [2.05, 4.69) is 30.7 Å². The number of hydrogen-bond acceptors (Lipinski definition) is 3. The van der Waals surface area contributed by atoms with Gasteiger partial charge in [0.15, 0.2) is 0 Å². The van der Waals surface area contributed by atoms with Gasteiger partial charge >= 0.3 is 0 Å².